The summed E-state index contributed by atoms with van der Waals surface area (Å²) in [7, 11) is 1.89. The number of thiophene rings is 1. The van der Waals surface area contributed by atoms with E-state index >= 15 is 0 Å². The van der Waals surface area contributed by atoms with E-state index in [-0.39, 0.29) is 17.7 Å². The number of rotatable bonds is 3. The first-order chi connectivity index (χ1) is 10.7. The van der Waals surface area contributed by atoms with Gasteiger partial charge in [0.1, 0.15) is 4.01 Å². The Morgan fingerprint density at radius 2 is 2.41 bits per heavy atom. The number of anilines is 1. The molecule has 114 valence electrons. The molecule has 0 spiro atoms. The largest absolute Gasteiger partial charge is 0.315 e. The Hall–Kier alpha value is -1.77. The Bertz CT molecular complexity index is 792. The van der Waals surface area contributed by atoms with Crippen molar-refractivity contribution in [1.29, 1.82) is 0 Å². The van der Waals surface area contributed by atoms with Gasteiger partial charge in [-0.25, -0.2) is 4.98 Å². The fraction of sp³-hybridized carbons (Fsp3) is 0.357. The summed E-state index contributed by atoms with van der Waals surface area (Å²) >= 11 is 3.18. The molecular formula is C14H15N5OS2. The third-order valence-corrected chi connectivity index (χ3v) is 5.97. The fourth-order valence-electron chi connectivity index (χ4n) is 2.86. The van der Waals surface area contributed by atoms with Crippen molar-refractivity contribution in [2.75, 3.05) is 18.4 Å². The lowest BCUT2D eigenvalue weighted by Crippen LogP contribution is -2.27. The minimum atomic E-state index is -0.0915. The van der Waals surface area contributed by atoms with Crippen LogP contribution in [0.4, 0.5) is 5.13 Å². The maximum Gasteiger partial charge on any atom is 0.231 e. The molecule has 4 rings (SSSR count). The third kappa shape index (κ3) is 2.43. The molecule has 0 saturated carbocycles. The monoisotopic (exact) mass is 333 g/mol. The van der Waals surface area contributed by atoms with Gasteiger partial charge in [0.05, 0.1) is 17.6 Å². The van der Waals surface area contributed by atoms with E-state index in [4.69, 9.17) is 0 Å². The van der Waals surface area contributed by atoms with Crippen LogP contribution in [-0.4, -0.2) is 33.8 Å². The summed E-state index contributed by atoms with van der Waals surface area (Å²) in [5.41, 5.74) is 2.06. The summed E-state index contributed by atoms with van der Waals surface area (Å²) in [5.74, 6) is 0.0983. The number of hydrogen-bond acceptors (Lipinski definition) is 6. The molecule has 3 aromatic rings. The highest BCUT2D eigenvalue weighted by Crippen LogP contribution is 2.32. The van der Waals surface area contributed by atoms with Gasteiger partial charge in [-0.05, 0) is 17.0 Å². The van der Waals surface area contributed by atoms with Gasteiger partial charge < -0.3 is 10.6 Å². The average molecular weight is 333 g/mol. The molecule has 2 atom stereocenters. The van der Waals surface area contributed by atoms with Crippen LogP contribution in [0.15, 0.2) is 23.8 Å². The Morgan fingerprint density at radius 1 is 1.50 bits per heavy atom. The van der Waals surface area contributed by atoms with Crippen LogP contribution in [0.1, 0.15) is 11.5 Å². The number of thiazole rings is 1. The Labute approximate surface area is 135 Å². The number of carbonyl (C=O) groups is 1. The zero-order valence-corrected chi connectivity index (χ0v) is 13.6. The highest BCUT2D eigenvalue weighted by atomic mass is 32.2. The van der Waals surface area contributed by atoms with E-state index in [9.17, 15) is 4.79 Å². The maximum absolute atomic E-state index is 12.6. The molecule has 0 aromatic carbocycles. The lowest BCUT2D eigenvalue weighted by molar-refractivity contribution is -0.119. The molecule has 1 fully saturated rings. The van der Waals surface area contributed by atoms with Gasteiger partial charge in [0, 0.05) is 32.3 Å². The number of amides is 1. The van der Waals surface area contributed by atoms with Crippen molar-refractivity contribution in [3.8, 4) is 0 Å². The van der Waals surface area contributed by atoms with Gasteiger partial charge in [0.25, 0.3) is 0 Å². The number of aryl methyl sites for hydroxylation is 1. The first-order valence-electron chi connectivity index (χ1n) is 7.05. The molecule has 1 aliphatic rings. The van der Waals surface area contributed by atoms with Gasteiger partial charge in [-0.1, -0.05) is 11.3 Å². The molecule has 0 bridgehead atoms. The van der Waals surface area contributed by atoms with E-state index in [0.29, 0.717) is 11.7 Å². The quantitative estimate of drug-likeness (QED) is 0.769. The van der Waals surface area contributed by atoms with Crippen molar-refractivity contribution in [3.05, 3.63) is 29.4 Å². The normalized spacial score (nSPS) is 21.5. The molecule has 0 aliphatic carbocycles. The van der Waals surface area contributed by atoms with E-state index in [2.05, 4.69) is 20.7 Å². The van der Waals surface area contributed by atoms with Crippen LogP contribution in [0, 0.1) is 5.92 Å². The van der Waals surface area contributed by atoms with Gasteiger partial charge in [0.2, 0.25) is 5.91 Å². The summed E-state index contributed by atoms with van der Waals surface area (Å²) in [4.78, 5) is 17.0. The molecule has 22 heavy (non-hydrogen) atoms. The molecule has 3 aromatic heterocycles. The summed E-state index contributed by atoms with van der Waals surface area (Å²) in [6, 6.07) is 1.97. The van der Waals surface area contributed by atoms with E-state index in [0.717, 1.165) is 21.6 Å². The summed E-state index contributed by atoms with van der Waals surface area (Å²) in [6.45, 7) is 1.49. The second-order valence-electron chi connectivity index (χ2n) is 5.42. The van der Waals surface area contributed by atoms with Crippen molar-refractivity contribution in [2.24, 2.45) is 13.0 Å². The van der Waals surface area contributed by atoms with Crippen LogP contribution in [0.25, 0.3) is 9.53 Å². The molecular weight excluding hydrogens is 318 g/mol. The maximum atomic E-state index is 12.6. The zero-order chi connectivity index (χ0) is 15.1. The Morgan fingerprint density at radius 3 is 3.18 bits per heavy atom. The first kappa shape index (κ1) is 13.9. The number of fused-ring (bicyclic) bond motifs is 1. The van der Waals surface area contributed by atoms with E-state index in [1.165, 1.54) is 11.3 Å². The molecule has 1 amide bonds. The number of carbonyl (C=O) groups excluding carboxylic acids is 1. The van der Waals surface area contributed by atoms with Crippen LogP contribution in [0.3, 0.4) is 0 Å². The topological polar surface area (TPSA) is 71.8 Å². The first-order valence-corrected chi connectivity index (χ1v) is 8.74. The van der Waals surface area contributed by atoms with Crippen molar-refractivity contribution < 1.29 is 4.79 Å². The number of nitrogens with zero attached hydrogens (tertiary/aromatic N) is 3. The van der Waals surface area contributed by atoms with Crippen molar-refractivity contribution >= 4 is 43.2 Å². The van der Waals surface area contributed by atoms with Gasteiger partial charge in [-0.2, -0.15) is 5.10 Å². The van der Waals surface area contributed by atoms with Crippen LogP contribution >= 0.6 is 22.7 Å². The third-order valence-electron chi connectivity index (χ3n) is 3.96. The molecule has 1 saturated heterocycles. The lowest BCUT2D eigenvalue weighted by atomic mass is 9.90. The molecule has 8 heteroatoms. The summed E-state index contributed by atoms with van der Waals surface area (Å²) in [5, 5.41) is 13.2. The fourth-order valence-corrected chi connectivity index (χ4v) is 4.70. The van der Waals surface area contributed by atoms with Crippen molar-refractivity contribution in [1.82, 2.24) is 20.1 Å². The van der Waals surface area contributed by atoms with Crippen LogP contribution in [0.5, 0.6) is 0 Å². The number of nitrogens with one attached hydrogen (secondary N) is 2. The Kier molecular flexibility index (Phi) is 3.44. The van der Waals surface area contributed by atoms with Crippen LogP contribution in [-0.2, 0) is 11.8 Å². The minimum absolute atomic E-state index is 0.0280. The SMILES string of the molecule is Cn1cc([C@H]2CNC[C@@H]2C(=O)Nc2nc3ccsc3s2)cn1. The number of aromatic nitrogens is 3. The molecule has 1 aliphatic heterocycles. The second kappa shape index (κ2) is 5.45. The van der Waals surface area contributed by atoms with Gasteiger partial charge in [-0.3, -0.25) is 9.48 Å². The molecule has 4 heterocycles. The molecule has 0 unspecified atom stereocenters. The van der Waals surface area contributed by atoms with E-state index in [1.807, 2.05) is 30.9 Å². The van der Waals surface area contributed by atoms with Crippen LogP contribution in [0.2, 0.25) is 0 Å². The molecule has 0 radical (unpaired) electrons. The minimum Gasteiger partial charge on any atom is -0.315 e. The molecule has 2 N–H and O–H groups in total. The lowest BCUT2D eigenvalue weighted by Gasteiger charge is -2.15. The van der Waals surface area contributed by atoms with E-state index in [1.54, 1.807) is 16.0 Å². The van der Waals surface area contributed by atoms with Crippen LogP contribution < -0.4 is 10.6 Å². The highest BCUT2D eigenvalue weighted by molar-refractivity contribution is 7.39. The van der Waals surface area contributed by atoms with E-state index < -0.39 is 0 Å². The van der Waals surface area contributed by atoms with Crippen molar-refractivity contribution in [3.63, 3.8) is 0 Å². The number of hydrogen-bond donors (Lipinski definition) is 2. The standard InChI is InChI=1S/C14H15N5OS2/c1-19-7-8(4-16-19)9-5-15-6-10(9)12(20)18-14-17-11-2-3-21-13(11)22-14/h2-4,7,9-10,15H,5-6H2,1H3,(H,17,18,20)/t9-,10+/m1/s1. The summed E-state index contributed by atoms with van der Waals surface area (Å²) in [6.07, 6.45) is 3.83. The average Bonchev–Trinajstić information content (AvgIpc) is 3.19. The predicted octanol–water partition coefficient (Wildman–Crippen LogP) is 2.03. The van der Waals surface area contributed by atoms with Gasteiger partial charge >= 0.3 is 0 Å². The molecule has 6 nitrogen and oxygen atoms in total. The predicted molar refractivity (Wildman–Crippen MR) is 88.4 cm³/mol. The van der Waals surface area contributed by atoms with Gasteiger partial charge in [0.15, 0.2) is 5.13 Å². The van der Waals surface area contributed by atoms with Gasteiger partial charge in [-0.15, -0.1) is 11.3 Å². The second-order valence-corrected chi connectivity index (χ2v) is 7.59. The van der Waals surface area contributed by atoms with Crippen molar-refractivity contribution in [2.45, 2.75) is 5.92 Å². The smallest absolute Gasteiger partial charge is 0.231 e. The summed E-state index contributed by atoms with van der Waals surface area (Å²) < 4.78 is 2.92. The Balaban J connectivity index is 1.52. The highest BCUT2D eigenvalue weighted by Gasteiger charge is 2.35. The zero-order valence-electron chi connectivity index (χ0n) is 11.9.